The highest BCUT2D eigenvalue weighted by Gasteiger charge is 2.26. The standard InChI is InChI=1S/C15H20O4/c1-3-19-15(18)13(14(16)17)6-4-5-12-9-7-11(2)8-10-12/h7-10,13H,3-6H2,1-2H3,(H,16,17)/t13-/m1/s1. The fraction of sp³-hybridized carbons (Fsp3) is 0.467. The summed E-state index contributed by atoms with van der Waals surface area (Å²) in [6.07, 6.45) is 1.73. The van der Waals surface area contributed by atoms with Crippen molar-refractivity contribution in [3.63, 3.8) is 0 Å². The van der Waals surface area contributed by atoms with Crippen molar-refractivity contribution in [1.82, 2.24) is 0 Å². The largest absolute Gasteiger partial charge is 0.481 e. The molecule has 0 aliphatic rings. The van der Waals surface area contributed by atoms with E-state index < -0.39 is 17.9 Å². The Labute approximate surface area is 113 Å². The summed E-state index contributed by atoms with van der Waals surface area (Å²) in [5, 5.41) is 9.00. The molecule has 0 aliphatic carbocycles. The van der Waals surface area contributed by atoms with Gasteiger partial charge in [0.1, 0.15) is 0 Å². The summed E-state index contributed by atoms with van der Waals surface area (Å²) in [5.74, 6) is -2.80. The van der Waals surface area contributed by atoms with Crippen LogP contribution in [-0.2, 0) is 20.7 Å². The Morgan fingerprint density at radius 1 is 1.26 bits per heavy atom. The lowest BCUT2D eigenvalue weighted by Gasteiger charge is -2.11. The molecule has 0 heterocycles. The van der Waals surface area contributed by atoms with Crippen LogP contribution in [0.5, 0.6) is 0 Å². The maximum atomic E-state index is 11.5. The zero-order valence-electron chi connectivity index (χ0n) is 11.4. The highest BCUT2D eigenvalue weighted by Crippen LogP contribution is 2.13. The van der Waals surface area contributed by atoms with Gasteiger partial charge >= 0.3 is 11.9 Å². The predicted octanol–water partition coefficient (Wildman–Crippen LogP) is 2.58. The average Bonchev–Trinajstić information content (AvgIpc) is 2.36. The van der Waals surface area contributed by atoms with Gasteiger partial charge in [-0.2, -0.15) is 0 Å². The molecule has 1 N–H and O–H groups in total. The van der Waals surface area contributed by atoms with Crippen molar-refractivity contribution in [1.29, 1.82) is 0 Å². The number of aryl methyl sites for hydroxylation is 2. The predicted molar refractivity (Wildman–Crippen MR) is 71.9 cm³/mol. The molecule has 104 valence electrons. The molecular weight excluding hydrogens is 244 g/mol. The van der Waals surface area contributed by atoms with Gasteiger partial charge in [-0.05, 0) is 38.7 Å². The molecule has 0 bridgehead atoms. The van der Waals surface area contributed by atoms with Crippen molar-refractivity contribution in [2.45, 2.75) is 33.1 Å². The summed E-state index contributed by atoms with van der Waals surface area (Å²) < 4.78 is 4.76. The molecule has 1 atom stereocenters. The van der Waals surface area contributed by atoms with Crippen LogP contribution in [0.25, 0.3) is 0 Å². The number of rotatable bonds is 7. The van der Waals surface area contributed by atoms with Crippen LogP contribution in [0.1, 0.15) is 30.9 Å². The Hall–Kier alpha value is -1.84. The van der Waals surface area contributed by atoms with Crippen LogP contribution in [0, 0.1) is 12.8 Å². The second kappa shape index (κ2) is 7.56. The first-order chi connectivity index (χ1) is 9.04. The van der Waals surface area contributed by atoms with E-state index in [9.17, 15) is 9.59 Å². The van der Waals surface area contributed by atoms with Crippen molar-refractivity contribution in [2.75, 3.05) is 6.61 Å². The third-order valence-electron chi connectivity index (χ3n) is 2.95. The van der Waals surface area contributed by atoms with Crippen LogP contribution < -0.4 is 0 Å². The molecule has 0 unspecified atom stereocenters. The summed E-state index contributed by atoms with van der Waals surface area (Å²) in [6, 6.07) is 8.09. The Morgan fingerprint density at radius 3 is 2.42 bits per heavy atom. The minimum absolute atomic E-state index is 0.209. The number of carbonyl (C=O) groups is 2. The molecule has 0 fully saturated rings. The van der Waals surface area contributed by atoms with Gasteiger partial charge in [0, 0.05) is 0 Å². The zero-order valence-corrected chi connectivity index (χ0v) is 11.4. The van der Waals surface area contributed by atoms with Gasteiger partial charge in [0.2, 0.25) is 0 Å². The van der Waals surface area contributed by atoms with Crippen LogP contribution in [0.15, 0.2) is 24.3 Å². The molecule has 0 aliphatic heterocycles. The molecule has 1 aromatic rings. The van der Waals surface area contributed by atoms with Crippen molar-refractivity contribution in [3.05, 3.63) is 35.4 Å². The first kappa shape index (κ1) is 15.2. The molecule has 1 aromatic carbocycles. The number of aliphatic carboxylic acids is 1. The van der Waals surface area contributed by atoms with E-state index >= 15 is 0 Å². The number of esters is 1. The van der Waals surface area contributed by atoms with Crippen molar-refractivity contribution >= 4 is 11.9 Å². The molecule has 0 saturated heterocycles. The number of hydrogen-bond donors (Lipinski definition) is 1. The summed E-state index contributed by atoms with van der Waals surface area (Å²) in [5.41, 5.74) is 2.34. The van der Waals surface area contributed by atoms with E-state index in [0.717, 1.165) is 12.0 Å². The Bertz CT molecular complexity index is 422. The Morgan fingerprint density at radius 2 is 1.89 bits per heavy atom. The van der Waals surface area contributed by atoms with Crippen molar-refractivity contribution < 1.29 is 19.4 Å². The second-order valence-electron chi connectivity index (χ2n) is 4.52. The molecule has 19 heavy (non-hydrogen) atoms. The van der Waals surface area contributed by atoms with Gasteiger partial charge in [-0.1, -0.05) is 29.8 Å². The quantitative estimate of drug-likeness (QED) is 0.607. The zero-order chi connectivity index (χ0) is 14.3. The van der Waals surface area contributed by atoms with E-state index in [4.69, 9.17) is 9.84 Å². The minimum Gasteiger partial charge on any atom is -0.481 e. The lowest BCUT2D eigenvalue weighted by molar-refractivity contribution is -0.158. The summed E-state index contributed by atoms with van der Waals surface area (Å²) >= 11 is 0. The number of carboxylic acid groups (broad SMARTS) is 1. The third kappa shape index (κ3) is 5.12. The topological polar surface area (TPSA) is 63.6 Å². The first-order valence-electron chi connectivity index (χ1n) is 6.49. The van der Waals surface area contributed by atoms with Crippen LogP contribution in [0.3, 0.4) is 0 Å². The van der Waals surface area contributed by atoms with Gasteiger partial charge in [0.05, 0.1) is 6.61 Å². The van der Waals surface area contributed by atoms with Crippen LogP contribution in [0.2, 0.25) is 0 Å². The van der Waals surface area contributed by atoms with Crippen LogP contribution in [-0.4, -0.2) is 23.7 Å². The summed E-state index contributed by atoms with van der Waals surface area (Å²) in [7, 11) is 0. The molecule has 4 heteroatoms. The molecule has 0 amide bonds. The molecule has 0 aromatic heterocycles. The van der Waals surface area contributed by atoms with E-state index in [1.165, 1.54) is 5.56 Å². The minimum atomic E-state index is -1.11. The SMILES string of the molecule is CCOC(=O)[C@H](CCCc1ccc(C)cc1)C(=O)O. The van der Waals surface area contributed by atoms with Gasteiger partial charge in [-0.25, -0.2) is 0 Å². The second-order valence-corrected chi connectivity index (χ2v) is 4.52. The summed E-state index contributed by atoms with van der Waals surface area (Å²) in [4.78, 5) is 22.5. The number of benzene rings is 1. The normalized spacial score (nSPS) is 11.9. The fourth-order valence-electron chi connectivity index (χ4n) is 1.85. The van der Waals surface area contributed by atoms with Crippen LogP contribution >= 0.6 is 0 Å². The molecule has 1 rings (SSSR count). The molecule has 4 nitrogen and oxygen atoms in total. The van der Waals surface area contributed by atoms with E-state index in [1.54, 1.807) is 6.92 Å². The van der Waals surface area contributed by atoms with Crippen molar-refractivity contribution in [2.24, 2.45) is 5.92 Å². The monoisotopic (exact) mass is 264 g/mol. The maximum Gasteiger partial charge on any atom is 0.320 e. The number of carboxylic acids is 1. The number of ether oxygens (including phenoxy) is 1. The van der Waals surface area contributed by atoms with Gasteiger partial charge < -0.3 is 9.84 Å². The highest BCUT2D eigenvalue weighted by atomic mass is 16.5. The lowest BCUT2D eigenvalue weighted by Crippen LogP contribution is -2.26. The van der Waals surface area contributed by atoms with E-state index in [2.05, 4.69) is 0 Å². The molecular formula is C15H20O4. The fourth-order valence-corrected chi connectivity index (χ4v) is 1.85. The third-order valence-corrected chi connectivity index (χ3v) is 2.95. The number of hydrogen-bond acceptors (Lipinski definition) is 3. The van der Waals surface area contributed by atoms with Gasteiger partial charge in [0.15, 0.2) is 5.92 Å². The molecule has 0 saturated carbocycles. The van der Waals surface area contributed by atoms with E-state index in [0.29, 0.717) is 12.8 Å². The van der Waals surface area contributed by atoms with Gasteiger partial charge in [0.25, 0.3) is 0 Å². The maximum absolute atomic E-state index is 11.5. The van der Waals surface area contributed by atoms with Crippen LogP contribution in [0.4, 0.5) is 0 Å². The average molecular weight is 264 g/mol. The van der Waals surface area contributed by atoms with Gasteiger partial charge in [-0.15, -0.1) is 0 Å². The van der Waals surface area contributed by atoms with E-state index in [1.807, 2.05) is 31.2 Å². The smallest absolute Gasteiger partial charge is 0.320 e. The van der Waals surface area contributed by atoms with E-state index in [-0.39, 0.29) is 6.61 Å². The van der Waals surface area contributed by atoms with Crippen molar-refractivity contribution in [3.8, 4) is 0 Å². The first-order valence-corrected chi connectivity index (χ1v) is 6.49. The summed E-state index contributed by atoms with van der Waals surface area (Å²) in [6.45, 7) is 3.90. The molecule has 0 spiro atoms. The highest BCUT2D eigenvalue weighted by molar-refractivity contribution is 5.93. The van der Waals surface area contributed by atoms with Gasteiger partial charge in [-0.3, -0.25) is 9.59 Å². The number of carbonyl (C=O) groups excluding carboxylic acids is 1. The lowest BCUT2D eigenvalue weighted by atomic mass is 9.99. The molecule has 0 radical (unpaired) electrons. The Balaban J connectivity index is 2.46. The Kier molecular flexibility index (Phi) is 6.06.